The van der Waals surface area contributed by atoms with Crippen LogP contribution in [0.1, 0.15) is 36.8 Å². The molecule has 5 nitrogen and oxygen atoms in total. The molecule has 0 heterocycles. The van der Waals surface area contributed by atoms with E-state index in [1.165, 1.54) is 6.07 Å². The molecule has 1 N–H and O–H groups in total. The van der Waals surface area contributed by atoms with Gasteiger partial charge in [-0.3, -0.25) is 4.79 Å². The van der Waals surface area contributed by atoms with Gasteiger partial charge in [-0.15, -0.1) is 0 Å². The van der Waals surface area contributed by atoms with Gasteiger partial charge in [0.2, 0.25) is 5.91 Å². The standard InChI is InChI=1S/C22H24FNO4/c1-24(14-16-8-10-17(11-9-16)28-15-20(25)26)21(27)22(12-4-5-13-22)18-6-2-3-7-19(18)23/h2-3,6-11H,4-5,12-15H2,1H3,(H,25,26). The first-order chi connectivity index (χ1) is 13.4. The lowest BCUT2D eigenvalue weighted by Gasteiger charge is -2.33. The lowest BCUT2D eigenvalue weighted by atomic mass is 9.77. The number of likely N-dealkylation sites (N-methyl/N-ethyl adjacent to an activating group) is 1. The van der Waals surface area contributed by atoms with Gasteiger partial charge in [0.05, 0.1) is 5.41 Å². The van der Waals surface area contributed by atoms with Crippen molar-refractivity contribution in [3.8, 4) is 5.75 Å². The third-order valence-corrected chi connectivity index (χ3v) is 5.31. The smallest absolute Gasteiger partial charge is 0.341 e. The van der Waals surface area contributed by atoms with E-state index in [0.29, 0.717) is 30.7 Å². The van der Waals surface area contributed by atoms with Crippen LogP contribution >= 0.6 is 0 Å². The summed E-state index contributed by atoms with van der Waals surface area (Å²) in [6.45, 7) is -0.0167. The van der Waals surface area contributed by atoms with E-state index in [1.807, 2.05) is 0 Å². The van der Waals surface area contributed by atoms with Crippen LogP contribution in [0.3, 0.4) is 0 Å². The van der Waals surface area contributed by atoms with Crippen molar-refractivity contribution in [1.29, 1.82) is 0 Å². The van der Waals surface area contributed by atoms with E-state index < -0.39 is 18.0 Å². The normalized spacial score (nSPS) is 15.2. The number of carbonyl (C=O) groups excluding carboxylic acids is 1. The minimum Gasteiger partial charge on any atom is -0.482 e. The molecule has 1 fully saturated rings. The van der Waals surface area contributed by atoms with Crippen LogP contribution in [0, 0.1) is 5.82 Å². The van der Waals surface area contributed by atoms with Gasteiger partial charge in [0.15, 0.2) is 6.61 Å². The first-order valence-corrected chi connectivity index (χ1v) is 9.36. The van der Waals surface area contributed by atoms with Crippen molar-refractivity contribution in [1.82, 2.24) is 4.90 Å². The Morgan fingerprint density at radius 2 is 1.75 bits per heavy atom. The van der Waals surface area contributed by atoms with Crippen LogP contribution < -0.4 is 4.74 Å². The van der Waals surface area contributed by atoms with Gasteiger partial charge in [-0.1, -0.05) is 43.2 Å². The lowest BCUT2D eigenvalue weighted by molar-refractivity contribution is -0.139. The Hall–Kier alpha value is -2.89. The second-order valence-electron chi connectivity index (χ2n) is 7.26. The fourth-order valence-electron chi connectivity index (χ4n) is 3.97. The van der Waals surface area contributed by atoms with Gasteiger partial charge in [-0.2, -0.15) is 0 Å². The molecule has 0 bridgehead atoms. The third-order valence-electron chi connectivity index (χ3n) is 5.31. The number of hydrogen-bond donors (Lipinski definition) is 1. The van der Waals surface area contributed by atoms with Crippen LogP contribution in [-0.2, 0) is 21.5 Å². The second-order valence-corrected chi connectivity index (χ2v) is 7.26. The quantitative estimate of drug-likeness (QED) is 0.788. The molecule has 0 spiro atoms. The number of carboxylic acids is 1. The largest absolute Gasteiger partial charge is 0.482 e. The molecule has 1 amide bonds. The Morgan fingerprint density at radius 3 is 2.36 bits per heavy atom. The molecule has 1 saturated carbocycles. The van der Waals surface area contributed by atoms with E-state index in [9.17, 15) is 14.0 Å². The maximum atomic E-state index is 14.5. The van der Waals surface area contributed by atoms with Gasteiger partial charge in [0.1, 0.15) is 11.6 Å². The minimum atomic E-state index is -1.04. The SMILES string of the molecule is CN(Cc1ccc(OCC(=O)O)cc1)C(=O)C1(c2ccccc2F)CCCC1. The highest BCUT2D eigenvalue weighted by Crippen LogP contribution is 2.43. The predicted octanol–water partition coefficient (Wildman–Crippen LogP) is 3.76. The molecule has 0 saturated heterocycles. The second kappa shape index (κ2) is 8.42. The molecule has 1 aliphatic carbocycles. The van der Waals surface area contributed by atoms with Gasteiger partial charge in [-0.25, -0.2) is 9.18 Å². The Labute approximate surface area is 163 Å². The number of aliphatic carboxylic acids is 1. The maximum Gasteiger partial charge on any atom is 0.341 e. The van der Waals surface area contributed by atoms with Crippen molar-refractivity contribution in [3.63, 3.8) is 0 Å². The average Bonchev–Trinajstić information content (AvgIpc) is 3.18. The van der Waals surface area contributed by atoms with Crippen molar-refractivity contribution >= 4 is 11.9 Å². The first kappa shape index (κ1) is 19.9. The summed E-state index contributed by atoms with van der Waals surface area (Å²) in [5.41, 5.74) is 0.576. The topological polar surface area (TPSA) is 66.8 Å². The molecule has 6 heteroatoms. The zero-order valence-corrected chi connectivity index (χ0v) is 15.9. The van der Waals surface area contributed by atoms with E-state index in [0.717, 1.165) is 18.4 Å². The molecular weight excluding hydrogens is 361 g/mol. The summed E-state index contributed by atoms with van der Waals surface area (Å²) in [5, 5.41) is 8.66. The Bertz CT molecular complexity index is 844. The molecule has 0 atom stereocenters. The number of benzene rings is 2. The van der Waals surface area contributed by atoms with Crippen LogP contribution in [0.2, 0.25) is 0 Å². The molecule has 0 aliphatic heterocycles. The third kappa shape index (κ3) is 4.16. The summed E-state index contributed by atoms with van der Waals surface area (Å²) in [6, 6.07) is 13.5. The summed E-state index contributed by atoms with van der Waals surface area (Å²) in [6.07, 6.45) is 3.12. The molecule has 2 aromatic rings. The molecule has 0 radical (unpaired) electrons. The summed E-state index contributed by atoms with van der Waals surface area (Å²) >= 11 is 0. The summed E-state index contributed by atoms with van der Waals surface area (Å²) in [4.78, 5) is 25.5. The fourth-order valence-corrected chi connectivity index (χ4v) is 3.97. The molecular formula is C22H24FNO4. The number of hydrogen-bond acceptors (Lipinski definition) is 3. The molecule has 0 aromatic heterocycles. The zero-order chi connectivity index (χ0) is 20.1. The van der Waals surface area contributed by atoms with Crippen LogP contribution in [0.4, 0.5) is 4.39 Å². The predicted molar refractivity (Wildman–Crippen MR) is 103 cm³/mol. The number of nitrogens with zero attached hydrogens (tertiary/aromatic N) is 1. The van der Waals surface area contributed by atoms with Crippen molar-refractivity contribution in [2.45, 2.75) is 37.6 Å². The lowest BCUT2D eigenvalue weighted by Crippen LogP contribution is -2.43. The Morgan fingerprint density at radius 1 is 1.11 bits per heavy atom. The van der Waals surface area contributed by atoms with Crippen molar-refractivity contribution in [2.75, 3.05) is 13.7 Å². The number of amides is 1. The van der Waals surface area contributed by atoms with Gasteiger partial charge < -0.3 is 14.7 Å². The summed E-state index contributed by atoms with van der Waals surface area (Å²) < 4.78 is 19.6. The summed E-state index contributed by atoms with van der Waals surface area (Å²) in [7, 11) is 1.73. The fraction of sp³-hybridized carbons (Fsp3) is 0.364. The first-order valence-electron chi connectivity index (χ1n) is 9.36. The number of ether oxygens (including phenoxy) is 1. The number of rotatable bonds is 7. The van der Waals surface area contributed by atoms with Gasteiger partial charge >= 0.3 is 5.97 Å². The van der Waals surface area contributed by atoms with Crippen LogP contribution in [0.15, 0.2) is 48.5 Å². The van der Waals surface area contributed by atoms with E-state index in [2.05, 4.69) is 0 Å². The van der Waals surface area contributed by atoms with Crippen LogP contribution in [0.25, 0.3) is 0 Å². The van der Waals surface area contributed by atoms with E-state index >= 15 is 0 Å². The highest BCUT2D eigenvalue weighted by molar-refractivity contribution is 5.88. The van der Waals surface area contributed by atoms with Crippen molar-refractivity contribution < 1.29 is 23.8 Å². The van der Waals surface area contributed by atoms with Gasteiger partial charge in [-0.05, 0) is 36.6 Å². The highest BCUT2D eigenvalue weighted by atomic mass is 19.1. The van der Waals surface area contributed by atoms with E-state index in [4.69, 9.17) is 9.84 Å². The minimum absolute atomic E-state index is 0.0682. The summed E-state index contributed by atoms with van der Waals surface area (Å²) in [5.74, 6) is -0.976. The van der Waals surface area contributed by atoms with Crippen molar-refractivity contribution in [2.24, 2.45) is 0 Å². The highest BCUT2D eigenvalue weighted by Gasteiger charge is 2.45. The number of carbonyl (C=O) groups is 2. The average molecular weight is 385 g/mol. The molecule has 2 aromatic carbocycles. The van der Waals surface area contributed by atoms with Crippen LogP contribution in [0.5, 0.6) is 5.75 Å². The number of halogens is 1. The van der Waals surface area contributed by atoms with Crippen molar-refractivity contribution in [3.05, 3.63) is 65.5 Å². The zero-order valence-electron chi connectivity index (χ0n) is 15.9. The van der Waals surface area contributed by atoms with Gasteiger partial charge in [0.25, 0.3) is 0 Å². The molecule has 3 rings (SSSR count). The number of carboxylic acid groups (broad SMARTS) is 1. The molecule has 28 heavy (non-hydrogen) atoms. The molecule has 148 valence electrons. The molecule has 0 unspecified atom stereocenters. The molecule has 1 aliphatic rings. The van der Waals surface area contributed by atoms with Crippen LogP contribution in [-0.4, -0.2) is 35.5 Å². The van der Waals surface area contributed by atoms with E-state index in [1.54, 1.807) is 54.4 Å². The Kier molecular flexibility index (Phi) is 5.97. The maximum absolute atomic E-state index is 14.5. The Balaban J connectivity index is 1.74. The van der Waals surface area contributed by atoms with Gasteiger partial charge in [0, 0.05) is 19.2 Å². The van der Waals surface area contributed by atoms with E-state index in [-0.39, 0.29) is 11.7 Å². The monoisotopic (exact) mass is 385 g/mol.